The van der Waals surface area contributed by atoms with Crippen LogP contribution < -0.4 is 10.1 Å². The second kappa shape index (κ2) is 8.15. The minimum Gasteiger partial charge on any atom is -0.484 e. The highest BCUT2D eigenvalue weighted by atomic mass is 16.5. The molecule has 0 aliphatic carbocycles. The summed E-state index contributed by atoms with van der Waals surface area (Å²) in [6, 6.07) is 13.6. The van der Waals surface area contributed by atoms with E-state index in [1.165, 1.54) is 6.20 Å². The summed E-state index contributed by atoms with van der Waals surface area (Å²) in [5.74, 6) is -0.497. The van der Waals surface area contributed by atoms with Gasteiger partial charge in [0, 0.05) is 19.2 Å². The van der Waals surface area contributed by atoms with E-state index in [-0.39, 0.29) is 18.9 Å². The fraction of sp³-hybridized carbons (Fsp3) is 0.211. The predicted molar refractivity (Wildman–Crippen MR) is 97.2 cm³/mol. The van der Waals surface area contributed by atoms with Crippen molar-refractivity contribution < 1.29 is 19.4 Å². The highest BCUT2D eigenvalue weighted by molar-refractivity contribution is 5.91. The first-order chi connectivity index (χ1) is 12.6. The zero-order chi connectivity index (χ0) is 18.4. The number of hydrogen-bond donors (Lipinski definition) is 2. The van der Waals surface area contributed by atoms with Crippen LogP contribution in [0, 0.1) is 0 Å². The quantitative estimate of drug-likeness (QED) is 0.649. The van der Waals surface area contributed by atoms with E-state index in [0.29, 0.717) is 24.4 Å². The first kappa shape index (κ1) is 17.5. The number of fused-ring (bicyclic) bond motifs is 1. The Hall–Kier alpha value is -3.35. The lowest BCUT2D eigenvalue weighted by molar-refractivity contribution is -0.137. The van der Waals surface area contributed by atoms with E-state index >= 15 is 0 Å². The molecule has 2 aromatic carbocycles. The molecule has 1 aromatic heterocycles. The average molecular weight is 353 g/mol. The van der Waals surface area contributed by atoms with Gasteiger partial charge in [-0.05, 0) is 29.3 Å². The molecule has 0 saturated carbocycles. The van der Waals surface area contributed by atoms with Crippen LogP contribution >= 0.6 is 0 Å². The van der Waals surface area contributed by atoms with E-state index in [0.717, 1.165) is 10.8 Å². The number of aromatic nitrogens is 2. The van der Waals surface area contributed by atoms with Gasteiger partial charge in [0.25, 0.3) is 5.91 Å². The molecule has 0 fully saturated rings. The van der Waals surface area contributed by atoms with Crippen LogP contribution in [-0.4, -0.2) is 33.4 Å². The summed E-state index contributed by atoms with van der Waals surface area (Å²) in [5, 5.41) is 17.6. The zero-order valence-corrected chi connectivity index (χ0v) is 14.1. The lowest BCUT2D eigenvalue weighted by Crippen LogP contribution is -2.19. The van der Waals surface area contributed by atoms with Crippen LogP contribution in [0.4, 0.5) is 5.69 Å². The Morgan fingerprint density at radius 3 is 2.77 bits per heavy atom. The van der Waals surface area contributed by atoms with Gasteiger partial charge in [0.2, 0.25) is 0 Å². The fourth-order valence-electron chi connectivity index (χ4n) is 2.55. The van der Waals surface area contributed by atoms with Gasteiger partial charge in [-0.15, -0.1) is 0 Å². The molecule has 0 atom stereocenters. The Morgan fingerprint density at radius 1 is 1.15 bits per heavy atom. The molecule has 2 N–H and O–H groups in total. The van der Waals surface area contributed by atoms with E-state index < -0.39 is 5.97 Å². The molecule has 0 bridgehead atoms. The van der Waals surface area contributed by atoms with Gasteiger partial charge in [0.15, 0.2) is 6.61 Å². The molecule has 7 nitrogen and oxygen atoms in total. The van der Waals surface area contributed by atoms with Gasteiger partial charge in [-0.1, -0.05) is 30.3 Å². The lowest BCUT2D eigenvalue weighted by atomic mass is 10.1. The number of carbonyl (C=O) groups is 2. The maximum absolute atomic E-state index is 12.0. The molecule has 3 aromatic rings. The van der Waals surface area contributed by atoms with Crippen molar-refractivity contribution in [1.29, 1.82) is 0 Å². The van der Waals surface area contributed by atoms with Crippen molar-refractivity contribution in [3.63, 3.8) is 0 Å². The number of benzene rings is 2. The largest absolute Gasteiger partial charge is 0.484 e. The standard InChI is InChI=1S/C19H19N3O4/c23-18(21-16-11-20-22(12-16)9-3-6-19(24)25)13-26-17-8-7-14-4-1-2-5-15(14)10-17/h1-2,4-5,7-8,10-12H,3,6,9,13H2,(H,21,23)(H,24,25). The third kappa shape index (κ3) is 4.83. The molecule has 1 heterocycles. The minimum atomic E-state index is -0.837. The van der Waals surface area contributed by atoms with Crippen LogP contribution in [0.3, 0.4) is 0 Å². The van der Waals surface area contributed by atoms with Crippen molar-refractivity contribution >= 4 is 28.3 Å². The molecule has 134 valence electrons. The summed E-state index contributed by atoms with van der Waals surface area (Å²) in [7, 11) is 0. The van der Waals surface area contributed by atoms with E-state index in [1.54, 1.807) is 10.9 Å². The van der Waals surface area contributed by atoms with Crippen LogP contribution in [0.25, 0.3) is 10.8 Å². The Kier molecular flexibility index (Phi) is 5.48. The first-order valence-electron chi connectivity index (χ1n) is 8.26. The molecule has 26 heavy (non-hydrogen) atoms. The highest BCUT2D eigenvalue weighted by Crippen LogP contribution is 2.20. The van der Waals surface area contributed by atoms with Gasteiger partial charge >= 0.3 is 5.97 Å². The molecular weight excluding hydrogens is 334 g/mol. The predicted octanol–water partition coefficient (Wildman–Crippen LogP) is 2.92. The van der Waals surface area contributed by atoms with E-state index in [4.69, 9.17) is 9.84 Å². The van der Waals surface area contributed by atoms with Crippen molar-refractivity contribution in [1.82, 2.24) is 9.78 Å². The van der Waals surface area contributed by atoms with Crippen LogP contribution in [0.5, 0.6) is 5.75 Å². The number of rotatable bonds is 8. The average Bonchev–Trinajstić information content (AvgIpc) is 3.06. The summed E-state index contributed by atoms with van der Waals surface area (Å²) in [4.78, 5) is 22.5. The van der Waals surface area contributed by atoms with Gasteiger partial charge in [-0.2, -0.15) is 5.10 Å². The number of ether oxygens (including phenoxy) is 1. The van der Waals surface area contributed by atoms with Crippen molar-refractivity contribution in [3.8, 4) is 5.75 Å². The number of nitrogens with zero attached hydrogens (tertiary/aromatic N) is 2. The second-order valence-corrected chi connectivity index (χ2v) is 5.84. The maximum atomic E-state index is 12.0. The zero-order valence-electron chi connectivity index (χ0n) is 14.1. The number of nitrogens with one attached hydrogen (secondary N) is 1. The van der Waals surface area contributed by atoms with E-state index in [1.807, 2.05) is 42.5 Å². The maximum Gasteiger partial charge on any atom is 0.303 e. The molecule has 0 spiro atoms. The highest BCUT2D eigenvalue weighted by Gasteiger charge is 2.07. The van der Waals surface area contributed by atoms with Crippen molar-refractivity contribution in [2.24, 2.45) is 0 Å². The van der Waals surface area contributed by atoms with Crippen LogP contribution in [0.2, 0.25) is 0 Å². The molecule has 7 heteroatoms. The van der Waals surface area contributed by atoms with Gasteiger partial charge in [-0.3, -0.25) is 14.3 Å². The second-order valence-electron chi connectivity index (χ2n) is 5.84. The molecule has 0 aliphatic heterocycles. The topological polar surface area (TPSA) is 93.5 Å². The Bertz CT molecular complexity index is 920. The number of aliphatic carboxylic acids is 1. The Labute approximate surface area is 150 Å². The molecule has 0 radical (unpaired) electrons. The third-order valence-electron chi connectivity index (χ3n) is 3.79. The third-order valence-corrected chi connectivity index (χ3v) is 3.79. The van der Waals surface area contributed by atoms with Gasteiger partial charge in [0.1, 0.15) is 5.75 Å². The molecule has 3 rings (SSSR count). The molecular formula is C19H19N3O4. The van der Waals surface area contributed by atoms with Crippen molar-refractivity contribution in [2.75, 3.05) is 11.9 Å². The number of carboxylic acids is 1. The molecule has 0 saturated heterocycles. The van der Waals surface area contributed by atoms with Crippen molar-refractivity contribution in [2.45, 2.75) is 19.4 Å². The number of carbonyl (C=O) groups excluding carboxylic acids is 1. The van der Waals surface area contributed by atoms with E-state index in [9.17, 15) is 9.59 Å². The normalized spacial score (nSPS) is 10.6. The number of aryl methyl sites for hydroxylation is 1. The van der Waals surface area contributed by atoms with Crippen LogP contribution in [-0.2, 0) is 16.1 Å². The monoisotopic (exact) mass is 353 g/mol. The SMILES string of the molecule is O=C(O)CCCn1cc(NC(=O)COc2ccc3ccccc3c2)cn1. The lowest BCUT2D eigenvalue weighted by Gasteiger charge is -2.07. The molecule has 1 amide bonds. The Balaban J connectivity index is 1.49. The fourth-order valence-corrected chi connectivity index (χ4v) is 2.55. The van der Waals surface area contributed by atoms with E-state index in [2.05, 4.69) is 10.4 Å². The van der Waals surface area contributed by atoms with Crippen LogP contribution in [0.15, 0.2) is 54.9 Å². The van der Waals surface area contributed by atoms with Crippen molar-refractivity contribution in [3.05, 3.63) is 54.9 Å². The number of amides is 1. The molecule has 0 unspecified atom stereocenters. The summed E-state index contributed by atoms with van der Waals surface area (Å²) in [6.45, 7) is 0.373. The smallest absolute Gasteiger partial charge is 0.303 e. The van der Waals surface area contributed by atoms with Gasteiger partial charge < -0.3 is 15.2 Å². The summed E-state index contributed by atoms with van der Waals surface area (Å²) in [6.07, 6.45) is 3.75. The van der Waals surface area contributed by atoms with Gasteiger partial charge in [0.05, 0.1) is 11.9 Å². The number of hydrogen-bond acceptors (Lipinski definition) is 4. The summed E-state index contributed by atoms with van der Waals surface area (Å²) in [5.41, 5.74) is 0.549. The summed E-state index contributed by atoms with van der Waals surface area (Å²) < 4.78 is 7.14. The number of anilines is 1. The summed E-state index contributed by atoms with van der Waals surface area (Å²) >= 11 is 0. The van der Waals surface area contributed by atoms with Crippen LogP contribution in [0.1, 0.15) is 12.8 Å². The molecule has 0 aliphatic rings. The first-order valence-corrected chi connectivity index (χ1v) is 8.26. The minimum absolute atomic E-state index is 0.0845. The number of carboxylic acid groups (broad SMARTS) is 1. The van der Waals surface area contributed by atoms with Gasteiger partial charge in [-0.25, -0.2) is 0 Å². The Morgan fingerprint density at radius 2 is 1.96 bits per heavy atom.